The zero-order valence-electron chi connectivity index (χ0n) is 17.6. The van der Waals surface area contributed by atoms with E-state index in [0.717, 1.165) is 5.56 Å². The third-order valence-corrected chi connectivity index (χ3v) is 5.12. The summed E-state index contributed by atoms with van der Waals surface area (Å²) in [4.78, 5) is 24.6. The molecule has 33 heavy (non-hydrogen) atoms. The van der Waals surface area contributed by atoms with Gasteiger partial charge in [-0.2, -0.15) is 5.26 Å². The minimum absolute atomic E-state index is 0.0639. The number of nitrogens with zero attached hydrogens (tertiary/aromatic N) is 1. The Bertz CT molecular complexity index is 1270. The highest BCUT2D eigenvalue weighted by atomic mass is 35.5. The van der Waals surface area contributed by atoms with Gasteiger partial charge in [-0.15, -0.1) is 0 Å². The molecule has 0 bridgehead atoms. The van der Waals surface area contributed by atoms with E-state index in [2.05, 4.69) is 10.6 Å². The second kappa shape index (κ2) is 11.2. The van der Waals surface area contributed by atoms with Gasteiger partial charge in [0.25, 0.3) is 11.8 Å². The summed E-state index contributed by atoms with van der Waals surface area (Å²) in [5.74, 6) is -0.496. The van der Waals surface area contributed by atoms with Crippen LogP contribution in [0.4, 0.5) is 11.4 Å². The van der Waals surface area contributed by atoms with Crippen molar-refractivity contribution in [3.8, 4) is 11.8 Å². The normalized spacial score (nSPS) is 10.8. The van der Waals surface area contributed by atoms with E-state index in [-0.39, 0.29) is 18.1 Å². The monoisotopic (exact) mass is 479 g/mol. The Morgan fingerprint density at radius 3 is 2.45 bits per heavy atom. The Morgan fingerprint density at radius 2 is 1.73 bits per heavy atom. The molecule has 3 aromatic carbocycles. The molecule has 0 fully saturated rings. The number of carbonyl (C=O) groups is 2. The van der Waals surface area contributed by atoms with E-state index in [9.17, 15) is 14.9 Å². The molecule has 0 saturated carbocycles. The summed E-state index contributed by atoms with van der Waals surface area (Å²) < 4.78 is 5.54. The van der Waals surface area contributed by atoms with Gasteiger partial charge in [0.1, 0.15) is 17.4 Å². The number of carbonyl (C=O) groups excluding carboxylic acids is 2. The van der Waals surface area contributed by atoms with E-state index >= 15 is 0 Å². The second-order valence-corrected chi connectivity index (χ2v) is 7.85. The fourth-order valence-corrected chi connectivity index (χ4v) is 3.15. The maximum absolute atomic E-state index is 12.5. The summed E-state index contributed by atoms with van der Waals surface area (Å²) in [6.07, 6.45) is 1.45. The minimum Gasteiger partial charge on any atom is -0.484 e. The molecular formula is C25H19Cl2N3O3. The fraction of sp³-hybridized carbons (Fsp3) is 0.0800. The standard InChI is InChI=1S/C25H19Cl2N3O3/c1-16-4-2-6-19(10-16)30-25(32)18(14-28)11-17-5-3-7-21(12-17)33-15-24(31)29-20-8-9-22(26)23(27)13-20/h2-13H,15H2,1H3,(H,29,31)(H,30,32)/b18-11+. The molecule has 2 N–H and O–H groups in total. The molecule has 0 aliphatic heterocycles. The first-order valence-electron chi connectivity index (χ1n) is 9.81. The van der Waals surface area contributed by atoms with E-state index in [0.29, 0.717) is 32.7 Å². The molecule has 3 rings (SSSR count). The molecular weight excluding hydrogens is 461 g/mol. The summed E-state index contributed by atoms with van der Waals surface area (Å²) in [7, 11) is 0. The fourth-order valence-electron chi connectivity index (χ4n) is 2.85. The van der Waals surface area contributed by atoms with Gasteiger partial charge in [0.15, 0.2) is 6.61 Å². The molecule has 0 atom stereocenters. The van der Waals surface area contributed by atoms with E-state index in [1.807, 2.05) is 31.2 Å². The molecule has 0 saturated heterocycles. The first-order valence-corrected chi connectivity index (χ1v) is 10.6. The number of aryl methyl sites for hydroxylation is 1. The van der Waals surface area contributed by atoms with Crippen molar-refractivity contribution in [2.24, 2.45) is 0 Å². The van der Waals surface area contributed by atoms with Crippen LogP contribution >= 0.6 is 23.2 Å². The molecule has 0 heterocycles. The van der Waals surface area contributed by atoms with Gasteiger partial charge in [0, 0.05) is 11.4 Å². The number of benzene rings is 3. The number of hydrogen-bond donors (Lipinski definition) is 2. The quantitative estimate of drug-likeness (QED) is 0.327. The van der Waals surface area contributed by atoms with E-state index in [4.69, 9.17) is 27.9 Å². The second-order valence-electron chi connectivity index (χ2n) is 7.03. The van der Waals surface area contributed by atoms with Crippen LogP contribution in [0.5, 0.6) is 5.75 Å². The van der Waals surface area contributed by atoms with Crippen molar-refractivity contribution < 1.29 is 14.3 Å². The predicted molar refractivity (Wildman–Crippen MR) is 130 cm³/mol. The molecule has 0 unspecified atom stereocenters. The summed E-state index contributed by atoms with van der Waals surface area (Å²) >= 11 is 11.8. The summed E-state index contributed by atoms with van der Waals surface area (Å²) in [5.41, 5.74) is 2.60. The number of amides is 2. The number of rotatable bonds is 7. The molecule has 0 aliphatic carbocycles. The van der Waals surface area contributed by atoms with Crippen LogP contribution in [0.3, 0.4) is 0 Å². The van der Waals surface area contributed by atoms with Crippen LogP contribution in [0.2, 0.25) is 10.0 Å². The lowest BCUT2D eigenvalue weighted by atomic mass is 10.1. The Hall–Kier alpha value is -3.79. The molecule has 166 valence electrons. The molecule has 2 amide bonds. The number of halogens is 2. The van der Waals surface area contributed by atoms with Gasteiger partial charge < -0.3 is 15.4 Å². The lowest BCUT2D eigenvalue weighted by Crippen LogP contribution is -2.20. The SMILES string of the molecule is Cc1cccc(NC(=O)/C(C#N)=C/c2cccc(OCC(=O)Nc3ccc(Cl)c(Cl)c3)c2)c1. The predicted octanol–water partition coefficient (Wildman–Crippen LogP) is 5.87. The Kier molecular flexibility index (Phi) is 8.09. The van der Waals surface area contributed by atoms with Crippen molar-refractivity contribution >= 4 is 52.5 Å². The highest BCUT2D eigenvalue weighted by Crippen LogP contribution is 2.25. The van der Waals surface area contributed by atoms with Crippen molar-refractivity contribution in [2.45, 2.75) is 6.92 Å². The van der Waals surface area contributed by atoms with E-state index in [1.165, 1.54) is 6.08 Å². The lowest BCUT2D eigenvalue weighted by molar-refractivity contribution is -0.118. The first kappa shape index (κ1) is 23.9. The lowest BCUT2D eigenvalue weighted by Gasteiger charge is -2.09. The van der Waals surface area contributed by atoms with Crippen molar-refractivity contribution in [1.29, 1.82) is 5.26 Å². The molecule has 6 nitrogen and oxygen atoms in total. The summed E-state index contributed by atoms with van der Waals surface area (Å²) in [6.45, 7) is 1.67. The van der Waals surface area contributed by atoms with Crippen LogP contribution in [-0.2, 0) is 9.59 Å². The zero-order valence-corrected chi connectivity index (χ0v) is 19.1. The highest BCUT2D eigenvalue weighted by molar-refractivity contribution is 6.42. The molecule has 0 aliphatic rings. The molecule has 0 aromatic heterocycles. The smallest absolute Gasteiger partial charge is 0.266 e. The van der Waals surface area contributed by atoms with Crippen molar-refractivity contribution in [2.75, 3.05) is 17.2 Å². The topological polar surface area (TPSA) is 91.2 Å². The number of nitriles is 1. The van der Waals surface area contributed by atoms with Gasteiger partial charge in [0.05, 0.1) is 10.0 Å². The van der Waals surface area contributed by atoms with Crippen molar-refractivity contribution in [3.05, 3.63) is 93.5 Å². The molecule has 3 aromatic rings. The number of anilines is 2. The average molecular weight is 480 g/mol. The zero-order chi connectivity index (χ0) is 23.8. The largest absolute Gasteiger partial charge is 0.484 e. The third kappa shape index (κ3) is 7.11. The highest BCUT2D eigenvalue weighted by Gasteiger charge is 2.11. The van der Waals surface area contributed by atoms with Crippen LogP contribution in [0.1, 0.15) is 11.1 Å². The van der Waals surface area contributed by atoms with Crippen molar-refractivity contribution in [3.63, 3.8) is 0 Å². The van der Waals surface area contributed by atoms with Gasteiger partial charge >= 0.3 is 0 Å². The third-order valence-electron chi connectivity index (χ3n) is 4.38. The first-order chi connectivity index (χ1) is 15.8. The van der Waals surface area contributed by atoms with Crippen LogP contribution in [0, 0.1) is 18.3 Å². The van der Waals surface area contributed by atoms with Crippen LogP contribution in [0.15, 0.2) is 72.3 Å². The molecule has 0 spiro atoms. The Balaban J connectivity index is 1.63. The molecule has 0 radical (unpaired) electrons. The minimum atomic E-state index is -0.518. The van der Waals surface area contributed by atoms with Gasteiger partial charge in [-0.05, 0) is 66.6 Å². The van der Waals surface area contributed by atoms with Gasteiger partial charge in [-0.25, -0.2) is 0 Å². The summed E-state index contributed by atoms with van der Waals surface area (Å²) in [6, 6.07) is 20.7. The van der Waals surface area contributed by atoms with Gasteiger partial charge in [0.2, 0.25) is 0 Å². The van der Waals surface area contributed by atoms with Gasteiger partial charge in [-0.1, -0.05) is 47.5 Å². The van der Waals surface area contributed by atoms with Crippen LogP contribution < -0.4 is 15.4 Å². The van der Waals surface area contributed by atoms with Gasteiger partial charge in [-0.3, -0.25) is 9.59 Å². The Morgan fingerprint density at radius 1 is 0.970 bits per heavy atom. The summed E-state index contributed by atoms with van der Waals surface area (Å²) in [5, 5.41) is 15.5. The number of ether oxygens (including phenoxy) is 1. The van der Waals surface area contributed by atoms with Crippen molar-refractivity contribution in [1.82, 2.24) is 0 Å². The molecule has 8 heteroatoms. The van der Waals surface area contributed by atoms with Crippen LogP contribution in [-0.4, -0.2) is 18.4 Å². The van der Waals surface area contributed by atoms with E-state index in [1.54, 1.807) is 48.5 Å². The number of nitrogens with one attached hydrogen (secondary N) is 2. The average Bonchev–Trinajstić information content (AvgIpc) is 2.79. The maximum Gasteiger partial charge on any atom is 0.266 e. The number of hydrogen-bond acceptors (Lipinski definition) is 4. The van der Waals surface area contributed by atoms with Crippen LogP contribution in [0.25, 0.3) is 6.08 Å². The maximum atomic E-state index is 12.5. The van der Waals surface area contributed by atoms with E-state index < -0.39 is 5.91 Å². The Labute approximate surface area is 201 Å².